The summed E-state index contributed by atoms with van der Waals surface area (Å²) in [4.78, 5) is 0. The van der Waals surface area contributed by atoms with E-state index in [9.17, 15) is 5.11 Å². The molecule has 0 amide bonds. The third-order valence-corrected chi connectivity index (χ3v) is 3.33. The molecule has 2 atom stereocenters. The maximum atomic E-state index is 10.1. The highest BCUT2D eigenvalue weighted by molar-refractivity contribution is 6.32. The molecule has 0 saturated heterocycles. The number of rotatable bonds is 6. The van der Waals surface area contributed by atoms with Crippen molar-refractivity contribution in [3.05, 3.63) is 28.8 Å². The van der Waals surface area contributed by atoms with Gasteiger partial charge in [0.15, 0.2) is 0 Å². The van der Waals surface area contributed by atoms with Crippen molar-refractivity contribution in [1.82, 2.24) is 0 Å². The summed E-state index contributed by atoms with van der Waals surface area (Å²) >= 11 is 5.96. The highest BCUT2D eigenvalue weighted by Crippen LogP contribution is 2.29. The van der Waals surface area contributed by atoms with Gasteiger partial charge in [0.05, 0.1) is 24.3 Å². The zero-order valence-corrected chi connectivity index (χ0v) is 11.9. The molecule has 0 saturated carbocycles. The summed E-state index contributed by atoms with van der Waals surface area (Å²) in [6, 6.07) is 4.94. The van der Waals surface area contributed by atoms with E-state index >= 15 is 0 Å². The van der Waals surface area contributed by atoms with Crippen LogP contribution in [0, 0.1) is 5.92 Å². The van der Waals surface area contributed by atoms with Crippen molar-refractivity contribution in [3.8, 4) is 5.75 Å². The van der Waals surface area contributed by atoms with Crippen LogP contribution < -0.4 is 10.5 Å². The van der Waals surface area contributed by atoms with Gasteiger partial charge in [0, 0.05) is 0 Å². The average molecular weight is 272 g/mol. The fourth-order valence-corrected chi connectivity index (χ4v) is 1.98. The Hall–Kier alpha value is -0.770. The number of nitrogens with two attached hydrogens (primary N) is 1. The van der Waals surface area contributed by atoms with Crippen LogP contribution in [0.3, 0.4) is 0 Å². The zero-order chi connectivity index (χ0) is 13.7. The van der Waals surface area contributed by atoms with Crippen LogP contribution in [0.25, 0.3) is 0 Å². The molecule has 1 aromatic rings. The van der Waals surface area contributed by atoms with Gasteiger partial charge in [0.25, 0.3) is 0 Å². The number of hydrogen-bond donors (Lipinski definition) is 2. The Balaban J connectivity index is 2.73. The van der Waals surface area contributed by atoms with Crippen LogP contribution >= 0.6 is 11.6 Å². The summed E-state index contributed by atoms with van der Waals surface area (Å²) in [6.07, 6.45) is 1.11. The van der Waals surface area contributed by atoms with Crippen molar-refractivity contribution in [2.45, 2.75) is 38.8 Å². The van der Waals surface area contributed by atoms with Crippen LogP contribution in [0.2, 0.25) is 5.02 Å². The van der Waals surface area contributed by atoms with Crippen molar-refractivity contribution < 1.29 is 9.84 Å². The minimum atomic E-state index is -0.543. The Bertz CT molecular complexity index is 382. The lowest BCUT2D eigenvalue weighted by atomic mass is 9.96. The first kappa shape index (κ1) is 15.3. The quantitative estimate of drug-likeness (QED) is 0.836. The van der Waals surface area contributed by atoms with Crippen molar-refractivity contribution >= 4 is 11.6 Å². The number of methoxy groups -OCH3 is 1. The van der Waals surface area contributed by atoms with Crippen molar-refractivity contribution in [2.24, 2.45) is 11.7 Å². The summed E-state index contributed by atoms with van der Waals surface area (Å²) < 4.78 is 5.14. The number of hydrogen-bond acceptors (Lipinski definition) is 3. The molecular weight excluding hydrogens is 250 g/mol. The maximum absolute atomic E-state index is 10.1. The molecule has 0 unspecified atom stereocenters. The number of aliphatic hydroxyl groups is 1. The Morgan fingerprint density at radius 3 is 2.56 bits per heavy atom. The van der Waals surface area contributed by atoms with Gasteiger partial charge in [0.2, 0.25) is 0 Å². The summed E-state index contributed by atoms with van der Waals surface area (Å²) in [5.74, 6) is 1.15. The lowest BCUT2D eigenvalue weighted by Crippen LogP contribution is -2.26. The van der Waals surface area contributed by atoms with Gasteiger partial charge in [-0.2, -0.15) is 0 Å². The first-order chi connectivity index (χ1) is 8.45. The number of benzene rings is 1. The molecule has 0 aliphatic heterocycles. The minimum absolute atomic E-state index is 0.407. The maximum Gasteiger partial charge on any atom is 0.137 e. The van der Waals surface area contributed by atoms with E-state index in [1.165, 1.54) is 0 Å². The molecule has 3 N–H and O–H groups in total. The Kier molecular flexibility index (Phi) is 5.93. The topological polar surface area (TPSA) is 55.5 Å². The van der Waals surface area contributed by atoms with Gasteiger partial charge in [-0.15, -0.1) is 0 Å². The molecule has 1 rings (SSSR count). The largest absolute Gasteiger partial charge is 0.495 e. The van der Waals surface area contributed by atoms with Crippen LogP contribution in [0.1, 0.15) is 38.3 Å². The van der Waals surface area contributed by atoms with E-state index in [1.54, 1.807) is 19.2 Å². The SMILES string of the molecule is COc1cc([C@@H](N)[C@@H](O)CCC(C)C)ccc1Cl. The highest BCUT2D eigenvalue weighted by atomic mass is 35.5. The molecule has 0 bridgehead atoms. The molecule has 0 fully saturated rings. The number of aliphatic hydroxyl groups excluding tert-OH is 1. The van der Waals surface area contributed by atoms with Gasteiger partial charge in [-0.05, 0) is 36.5 Å². The van der Waals surface area contributed by atoms with Gasteiger partial charge < -0.3 is 15.6 Å². The van der Waals surface area contributed by atoms with E-state index in [0.29, 0.717) is 23.1 Å². The fraction of sp³-hybridized carbons (Fsp3) is 0.571. The molecule has 4 heteroatoms. The third kappa shape index (κ3) is 4.16. The standard InChI is InChI=1S/C14H22ClNO2/c1-9(2)4-7-12(17)14(16)10-5-6-11(15)13(8-10)18-3/h5-6,8-9,12,14,17H,4,7,16H2,1-3H3/t12-,14+/m0/s1. The molecule has 0 aromatic heterocycles. The summed E-state index contributed by atoms with van der Waals surface area (Å²) in [6.45, 7) is 4.26. The molecular formula is C14H22ClNO2. The van der Waals surface area contributed by atoms with Crippen molar-refractivity contribution in [1.29, 1.82) is 0 Å². The van der Waals surface area contributed by atoms with Gasteiger partial charge in [-0.3, -0.25) is 0 Å². The third-order valence-electron chi connectivity index (χ3n) is 3.01. The van der Waals surface area contributed by atoms with E-state index in [0.717, 1.165) is 12.0 Å². The highest BCUT2D eigenvalue weighted by Gasteiger charge is 2.18. The smallest absolute Gasteiger partial charge is 0.137 e. The molecule has 0 radical (unpaired) electrons. The number of halogens is 1. The normalized spacial score (nSPS) is 14.6. The first-order valence-corrected chi connectivity index (χ1v) is 6.60. The molecule has 102 valence electrons. The molecule has 0 spiro atoms. The average Bonchev–Trinajstić information content (AvgIpc) is 2.35. The van der Waals surface area contributed by atoms with Crippen LogP contribution in [-0.2, 0) is 0 Å². The Morgan fingerprint density at radius 2 is 2.00 bits per heavy atom. The molecule has 3 nitrogen and oxygen atoms in total. The lowest BCUT2D eigenvalue weighted by molar-refractivity contribution is 0.128. The zero-order valence-electron chi connectivity index (χ0n) is 11.2. The van der Waals surface area contributed by atoms with Crippen LogP contribution in [0.4, 0.5) is 0 Å². The molecule has 0 aliphatic carbocycles. The van der Waals surface area contributed by atoms with E-state index in [-0.39, 0.29) is 0 Å². The monoisotopic (exact) mass is 271 g/mol. The second-order valence-corrected chi connectivity index (χ2v) is 5.37. The fourth-order valence-electron chi connectivity index (χ4n) is 1.79. The van der Waals surface area contributed by atoms with Gasteiger partial charge in [-0.1, -0.05) is 31.5 Å². The second-order valence-electron chi connectivity index (χ2n) is 4.96. The van der Waals surface area contributed by atoms with E-state index < -0.39 is 12.1 Å². The van der Waals surface area contributed by atoms with Gasteiger partial charge in [0.1, 0.15) is 5.75 Å². The van der Waals surface area contributed by atoms with Gasteiger partial charge in [-0.25, -0.2) is 0 Å². The van der Waals surface area contributed by atoms with E-state index in [2.05, 4.69) is 13.8 Å². The Morgan fingerprint density at radius 1 is 1.33 bits per heavy atom. The summed E-state index contributed by atoms with van der Waals surface area (Å²) in [5.41, 5.74) is 6.89. The van der Waals surface area contributed by atoms with E-state index in [1.807, 2.05) is 6.07 Å². The molecule has 18 heavy (non-hydrogen) atoms. The molecule has 0 aliphatic rings. The number of ether oxygens (including phenoxy) is 1. The first-order valence-electron chi connectivity index (χ1n) is 6.22. The lowest BCUT2D eigenvalue weighted by Gasteiger charge is -2.20. The summed E-state index contributed by atoms with van der Waals surface area (Å²) in [5, 5.41) is 10.6. The van der Waals surface area contributed by atoms with E-state index in [4.69, 9.17) is 22.1 Å². The van der Waals surface area contributed by atoms with Gasteiger partial charge >= 0.3 is 0 Å². The van der Waals surface area contributed by atoms with Crippen molar-refractivity contribution in [2.75, 3.05) is 7.11 Å². The second kappa shape index (κ2) is 6.98. The Labute approximate surface area is 114 Å². The predicted octanol–water partition coefficient (Wildman–Crippen LogP) is 3.15. The van der Waals surface area contributed by atoms with Crippen molar-refractivity contribution in [3.63, 3.8) is 0 Å². The van der Waals surface area contributed by atoms with Crippen LogP contribution in [-0.4, -0.2) is 18.3 Å². The molecule has 1 aromatic carbocycles. The van der Waals surface area contributed by atoms with Crippen LogP contribution in [0.5, 0.6) is 5.75 Å². The predicted molar refractivity (Wildman–Crippen MR) is 75.0 cm³/mol. The molecule has 0 heterocycles. The summed E-state index contributed by atoms with van der Waals surface area (Å²) in [7, 11) is 1.56. The minimum Gasteiger partial charge on any atom is -0.495 e. The van der Waals surface area contributed by atoms with Crippen LogP contribution in [0.15, 0.2) is 18.2 Å².